The van der Waals surface area contributed by atoms with Gasteiger partial charge in [-0.15, -0.1) is 0 Å². The first-order valence-electron chi connectivity index (χ1n) is 25.2. The smallest absolute Gasteiger partial charge is 0.329 e. The van der Waals surface area contributed by atoms with Crippen LogP contribution in [-0.4, -0.2) is 135 Å². The van der Waals surface area contributed by atoms with E-state index in [4.69, 9.17) is 28.1 Å². The molecule has 0 aromatic heterocycles. The maximum absolute atomic E-state index is 14.5. The van der Waals surface area contributed by atoms with Crippen molar-refractivity contribution in [3.05, 3.63) is 47.6 Å². The van der Waals surface area contributed by atoms with Crippen LogP contribution in [0.2, 0.25) is 19.6 Å². The van der Waals surface area contributed by atoms with Gasteiger partial charge >= 0.3 is 5.97 Å². The molecule has 15 heteroatoms. The molecule has 382 valence electrons. The molecule has 1 amide bonds. The Morgan fingerprint density at radius 2 is 1.59 bits per heavy atom. The normalized spacial score (nSPS) is 39.1. The fourth-order valence-electron chi connectivity index (χ4n) is 11.5. The second kappa shape index (κ2) is 24.3. The van der Waals surface area contributed by atoms with Crippen molar-refractivity contribution in [3.8, 4) is 0 Å². The third-order valence-electron chi connectivity index (χ3n) is 15.4. The zero-order valence-electron chi connectivity index (χ0n) is 42.9. The number of esters is 1. The van der Waals surface area contributed by atoms with Gasteiger partial charge in [0.15, 0.2) is 19.9 Å². The van der Waals surface area contributed by atoms with Crippen LogP contribution in [0.5, 0.6) is 0 Å². The van der Waals surface area contributed by atoms with E-state index in [0.717, 1.165) is 5.57 Å². The van der Waals surface area contributed by atoms with Crippen molar-refractivity contribution in [2.75, 3.05) is 27.9 Å². The van der Waals surface area contributed by atoms with Gasteiger partial charge in [0, 0.05) is 64.4 Å². The molecule has 14 nitrogen and oxygen atoms in total. The number of amides is 1. The maximum Gasteiger partial charge on any atom is 0.329 e. The lowest BCUT2D eigenvalue weighted by Gasteiger charge is -2.50. The molecule has 0 aromatic rings. The third kappa shape index (κ3) is 13.6. The number of aliphatic hydroxyl groups is 2. The van der Waals surface area contributed by atoms with Gasteiger partial charge in [-0.25, -0.2) is 4.79 Å². The Hall–Kier alpha value is -3.15. The summed E-state index contributed by atoms with van der Waals surface area (Å²) < 4.78 is 36.7. The number of hydrogen-bond donors (Lipinski definition) is 2. The highest BCUT2D eigenvalue weighted by molar-refractivity contribution is 6.69. The summed E-state index contributed by atoms with van der Waals surface area (Å²) >= 11 is 0. The van der Waals surface area contributed by atoms with Crippen molar-refractivity contribution >= 4 is 37.5 Å². The average molecular weight is 970 g/mol. The average Bonchev–Trinajstić information content (AvgIpc) is 3.29. The molecule has 1 saturated carbocycles. The highest BCUT2D eigenvalue weighted by Crippen LogP contribution is 2.45. The molecule has 1 aliphatic carbocycles. The molecular formula is C53H83NO13Si. The van der Waals surface area contributed by atoms with Gasteiger partial charge in [-0.05, 0) is 120 Å². The molecule has 6 bridgehead atoms. The van der Waals surface area contributed by atoms with Gasteiger partial charge in [0.1, 0.15) is 18.2 Å². The molecule has 0 aromatic carbocycles. The van der Waals surface area contributed by atoms with Gasteiger partial charge in [-0.3, -0.25) is 19.2 Å². The monoisotopic (exact) mass is 970 g/mol. The molecule has 2 N–H and O–H groups in total. The van der Waals surface area contributed by atoms with Gasteiger partial charge in [0.05, 0.1) is 30.5 Å². The summed E-state index contributed by atoms with van der Waals surface area (Å²) in [5.74, 6) is -7.71. The summed E-state index contributed by atoms with van der Waals surface area (Å²) in [7, 11) is 2.43. The summed E-state index contributed by atoms with van der Waals surface area (Å²) in [5, 5.41) is 22.8. The van der Waals surface area contributed by atoms with E-state index in [1.165, 1.54) is 12.0 Å². The summed E-state index contributed by atoms with van der Waals surface area (Å²) in [6.07, 6.45) is 12.3. The number of rotatable bonds is 7. The number of aliphatic hydroxyl groups excluding tert-OH is 1. The number of fused-ring (bicyclic) bond motifs is 3. The Balaban J connectivity index is 1.55. The molecule has 4 aliphatic heterocycles. The standard InChI is InChI=1S/C53H83NO13Si/c1-31-17-14-13-15-18-32(2)43(62-7)29-38-22-20-36(6)53(61,66-38)50(58)51(59)54-24-16-19-39-40(27-37-21-23-41(55)45(28-37)63-8)44(65-52(60)46(39)54)30-42(56)33(3)26-35(5)48(67-68(10,11)12)49(64-9)47(57)34(4)25-31/h13-15,17-18,26,31,34-41,43-46,48-49,55,61H,16,19-25,27-30H2,1-12H3/t31-,34-,35?,36-,37+,38+,39?,40+,41-,43+,44+,45-,46+,48-,49+,53-/m1/s1. The number of hydrogen-bond acceptors (Lipinski definition) is 13. The number of piperidine rings is 1. The number of methoxy groups -OCH3 is 3. The highest BCUT2D eigenvalue weighted by Gasteiger charge is 2.57. The van der Waals surface area contributed by atoms with E-state index in [9.17, 15) is 34.2 Å². The minimum atomic E-state index is -2.43. The lowest BCUT2D eigenvalue weighted by atomic mass is 9.68. The van der Waals surface area contributed by atoms with E-state index < -0.39 is 92.2 Å². The second-order valence-electron chi connectivity index (χ2n) is 21.7. The van der Waals surface area contributed by atoms with Crippen LogP contribution >= 0.6 is 0 Å². The van der Waals surface area contributed by atoms with Gasteiger partial charge in [-0.2, -0.15) is 0 Å². The largest absolute Gasteiger partial charge is 0.460 e. The molecule has 0 spiro atoms. The van der Waals surface area contributed by atoms with E-state index in [2.05, 4.69) is 32.6 Å². The van der Waals surface area contributed by atoms with Gasteiger partial charge in [0.25, 0.3) is 11.7 Å². The van der Waals surface area contributed by atoms with Crippen molar-refractivity contribution in [1.29, 1.82) is 0 Å². The first-order valence-corrected chi connectivity index (χ1v) is 28.6. The summed E-state index contributed by atoms with van der Waals surface area (Å²) in [5.41, 5.74) is 1.33. The van der Waals surface area contributed by atoms with Crippen molar-refractivity contribution < 1.29 is 62.3 Å². The third-order valence-corrected chi connectivity index (χ3v) is 16.4. The second-order valence-corrected chi connectivity index (χ2v) is 26.2. The topological polar surface area (TPSA) is 184 Å². The van der Waals surface area contributed by atoms with Crippen LogP contribution in [0.15, 0.2) is 47.6 Å². The molecule has 16 atom stereocenters. The van der Waals surface area contributed by atoms with Crippen LogP contribution < -0.4 is 0 Å². The number of ketones is 3. The Labute approximate surface area is 406 Å². The Morgan fingerprint density at radius 1 is 0.868 bits per heavy atom. The molecule has 3 saturated heterocycles. The van der Waals surface area contributed by atoms with E-state index in [1.54, 1.807) is 28.1 Å². The molecule has 4 fully saturated rings. The van der Waals surface area contributed by atoms with E-state index >= 15 is 0 Å². The summed E-state index contributed by atoms with van der Waals surface area (Å²) in [6, 6.07) is -1.11. The molecule has 68 heavy (non-hydrogen) atoms. The van der Waals surface area contributed by atoms with Crippen LogP contribution in [0.1, 0.15) is 112 Å². The number of allylic oxidation sites excluding steroid dienone is 6. The van der Waals surface area contributed by atoms with Gasteiger partial charge in [-0.1, -0.05) is 64.2 Å². The number of Topliss-reactive ketones (excluding diaryl/α,β-unsaturated/α-hetero) is 3. The fourth-order valence-corrected chi connectivity index (χ4v) is 12.7. The molecule has 4 heterocycles. The first kappa shape index (κ1) is 55.8. The fraction of sp³-hybridized carbons (Fsp3) is 0.755. The Morgan fingerprint density at radius 3 is 2.25 bits per heavy atom. The SMILES string of the molecule is CO[C@H]1C[C@@H]2CC[C@@H](C)[C@@](O)(O2)C(=O)C(=O)N2CCCC3[C@H]2C(=O)O[C@@H](CC(=O)C(C)=CC(C)[C@@H](O[Si](C)(C)C)[C@@H](OC)C(=O)[C@H](C)C[C@H](C)C=CC=CC=C1C)[C@H]3C[C@@H]1CC[C@@H](O)[C@H](OC)C1. The maximum atomic E-state index is 14.5. The zero-order valence-corrected chi connectivity index (χ0v) is 43.9. The van der Waals surface area contributed by atoms with E-state index in [0.29, 0.717) is 69.8 Å². The minimum absolute atomic E-state index is 0.0621. The van der Waals surface area contributed by atoms with Crippen LogP contribution in [0.25, 0.3) is 0 Å². The Kier molecular flexibility index (Phi) is 19.9. The number of carbonyl (C=O) groups is 5. The summed E-state index contributed by atoms with van der Waals surface area (Å²) in [6.45, 7) is 17.5. The lowest BCUT2D eigenvalue weighted by Crippen LogP contribution is -2.65. The van der Waals surface area contributed by atoms with Crippen LogP contribution in [0, 0.1) is 41.4 Å². The van der Waals surface area contributed by atoms with Crippen molar-refractivity contribution in [2.24, 2.45) is 41.4 Å². The predicted molar refractivity (Wildman–Crippen MR) is 261 cm³/mol. The lowest BCUT2D eigenvalue weighted by molar-refractivity contribution is -0.266. The van der Waals surface area contributed by atoms with E-state index in [1.807, 2.05) is 51.2 Å². The number of ether oxygens (including phenoxy) is 5. The molecule has 5 rings (SSSR count). The molecule has 2 unspecified atom stereocenters. The number of carbonyl (C=O) groups excluding carboxylic acids is 5. The van der Waals surface area contributed by atoms with Crippen LogP contribution in [0.4, 0.5) is 0 Å². The van der Waals surface area contributed by atoms with E-state index in [-0.39, 0.29) is 54.3 Å². The first-order chi connectivity index (χ1) is 32.0. The van der Waals surface area contributed by atoms with Crippen molar-refractivity contribution in [2.45, 2.75) is 186 Å². The Bertz CT molecular complexity index is 1910. The van der Waals surface area contributed by atoms with Gasteiger partial charge < -0.3 is 43.2 Å². The van der Waals surface area contributed by atoms with Crippen molar-refractivity contribution in [1.82, 2.24) is 4.90 Å². The highest BCUT2D eigenvalue weighted by atomic mass is 28.4. The summed E-state index contributed by atoms with van der Waals surface area (Å²) in [4.78, 5) is 73.3. The van der Waals surface area contributed by atoms with Gasteiger partial charge in [0.2, 0.25) is 5.79 Å². The van der Waals surface area contributed by atoms with Crippen LogP contribution in [-0.2, 0) is 52.1 Å². The quantitative estimate of drug-likeness (QED) is 0.148. The number of nitrogens with zero attached hydrogens (tertiary/aromatic N) is 1. The minimum Gasteiger partial charge on any atom is -0.460 e. The zero-order chi connectivity index (χ0) is 50.2. The predicted octanol–water partition coefficient (Wildman–Crippen LogP) is 7.26. The molecule has 5 aliphatic rings. The molecular weight excluding hydrogens is 887 g/mol. The van der Waals surface area contributed by atoms with Crippen molar-refractivity contribution in [3.63, 3.8) is 0 Å². The van der Waals surface area contributed by atoms with Crippen LogP contribution in [0.3, 0.4) is 0 Å². The molecule has 0 radical (unpaired) electrons.